The topological polar surface area (TPSA) is 8.17 Å². The third-order valence-electron chi connectivity index (χ3n) is 12.7. The van der Waals surface area contributed by atoms with Gasteiger partial charge in [-0.2, -0.15) is 0 Å². The first-order valence-electron chi connectivity index (χ1n) is 21.5. The predicted molar refractivity (Wildman–Crippen MR) is 262 cm³/mol. The lowest BCUT2D eigenvalue weighted by molar-refractivity contribution is 0.896. The molecule has 12 rings (SSSR count). The van der Waals surface area contributed by atoms with Crippen LogP contribution in [-0.2, 0) is 6.42 Å². The Bertz CT molecular complexity index is 3600. The molecule has 0 unspecified atom stereocenters. The number of anilines is 3. The second-order valence-corrected chi connectivity index (χ2v) is 16.3. The van der Waals surface area contributed by atoms with Crippen LogP contribution in [0.5, 0.6) is 0 Å². The molecule has 1 aromatic heterocycles. The highest BCUT2D eigenvalue weighted by Gasteiger charge is 2.25. The van der Waals surface area contributed by atoms with Crippen LogP contribution in [0.2, 0.25) is 0 Å². The number of hydrogen-bond acceptors (Lipinski definition) is 1. The molecular weight excluding hydrogens is 749 g/mol. The van der Waals surface area contributed by atoms with Gasteiger partial charge in [0.1, 0.15) is 0 Å². The highest BCUT2D eigenvalue weighted by atomic mass is 15.1. The van der Waals surface area contributed by atoms with Gasteiger partial charge < -0.3 is 9.47 Å². The Morgan fingerprint density at radius 2 is 1.10 bits per heavy atom. The van der Waals surface area contributed by atoms with E-state index in [1.54, 1.807) is 0 Å². The van der Waals surface area contributed by atoms with E-state index in [1.165, 1.54) is 87.9 Å². The average molecular weight is 789 g/mol. The second kappa shape index (κ2) is 14.9. The third-order valence-corrected chi connectivity index (χ3v) is 12.7. The Labute approximate surface area is 361 Å². The fourth-order valence-corrected chi connectivity index (χ4v) is 9.77. The van der Waals surface area contributed by atoms with Gasteiger partial charge in [0.25, 0.3) is 0 Å². The van der Waals surface area contributed by atoms with Gasteiger partial charge >= 0.3 is 0 Å². The summed E-state index contributed by atoms with van der Waals surface area (Å²) >= 11 is 0. The van der Waals surface area contributed by atoms with E-state index in [-0.39, 0.29) is 0 Å². The number of hydrogen-bond donors (Lipinski definition) is 0. The van der Waals surface area contributed by atoms with Crippen LogP contribution in [0.1, 0.15) is 23.2 Å². The van der Waals surface area contributed by atoms with Crippen molar-refractivity contribution in [1.29, 1.82) is 0 Å². The van der Waals surface area contributed by atoms with Crippen molar-refractivity contribution in [2.45, 2.75) is 12.8 Å². The molecule has 0 amide bonds. The Hall–Kier alpha value is -8.12. The number of aromatic nitrogens is 1. The van der Waals surface area contributed by atoms with Crippen molar-refractivity contribution in [3.63, 3.8) is 0 Å². The van der Waals surface area contributed by atoms with Crippen molar-refractivity contribution >= 4 is 71.6 Å². The number of rotatable bonds is 7. The van der Waals surface area contributed by atoms with Crippen molar-refractivity contribution in [2.24, 2.45) is 0 Å². The predicted octanol–water partition coefficient (Wildman–Crippen LogP) is 16.0. The van der Waals surface area contributed by atoms with Crippen molar-refractivity contribution in [3.8, 4) is 22.3 Å². The van der Waals surface area contributed by atoms with Crippen LogP contribution in [0.4, 0.5) is 17.1 Å². The van der Waals surface area contributed by atoms with Gasteiger partial charge in [-0.25, -0.2) is 0 Å². The molecule has 0 N–H and O–H groups in total. The van der Waals surface area contributed by atoms with E-state index in [0.29, 0.717) is 0 Å². The molecule has 62 heavy (non-hydrogen) atoms. The number of allylic oxidation sites excluding steroid dienone is 5. The molecule has 0 fully saturated rings. The van der Waals surface area contributed by atoms with E-state index in [0.717, 1.165) is 35.6 Å². The van der Waals surface area contributed by atoms with Crippen LogP contribution in [0.15, 0.2) is 230 Å². The van der Waals surface area contributed by atoms with Gasteiger partial charge in [0.15, 0.2) is 0 Å². The van der Waals surface area contributed by atoms with Crippen LogP contribution in [0, 0.1) is 0 Å². The molecule has 0 spiro atoms. The lowest BCUT2D eigenvalue weighted by Gasteiger charge is -2.27. The smallest absolute Gasteiger partial charge is 0.0548 e. The van der Waals surface area contributed by atoms with Gasteiger partial charge in [-0.1, -0.05) is 157 Å². The molecule has 2 aliphatic carbocycles. The summed E-state index contributed by atoms with van der Waals surface area (Å²) in [6, 6.07) is 71.3. The molecular formula is C60H40N2. The summed E-state index contributed by atoms with van der Waals surface area (Å²) in [5.74, 6) is 0. The lowest BCUT2D eigenvalue weighted by atomic mass is 9.88. The maximum absolute atomic E-state index is 3.19. The summed E-state index contributed by atoms with van der Waals surface area (Å²) in [6.45, 7) is 0. The van der Waals surface area contributed by atoms with Crippen molar-refractivity contribution in [1.82, 2.24) is 4.57 Å². The minimum Gasteiger partial charge on any atom is -0.312 e. The first kappa shape index (κ1) is 35.8. The maximum Gasteiger partial charge on any atom is 0.0548 e. The van der Waals surface area contributed by atoms with Crippen LogP contribution < -0.4 is 4.90 Å². The molecule has 0 aliphatic heterocycles. The Morgan fingerprint density at radius 3 is 1.97 bits per heavy atom. The van der Waals surface area contributed by atoms with Crippen molar-refractivity contribution < 1.29 is 0 Å². The van der Waals surface area contributed by atoms with E-state index in [1.807, 2.05) is 12.2 Å². The molecule has 10 aromatic rings. The van der Waals surface area contributed by atoms with Gasteiger partial charge in [-0.05, 0) is 145 Å². The highest BCUT2D eigenvalue weighted by molar-refractivity contribution is 6.09. The zero-order chi connectivity index (χ0) is 41.0. The number of fused-ring (bicyclic) bond motifs is 7. The first-order chi connectivity index (χ1) is 30.7. The van der Waals surface area contributed by atoms with Crippen molar-refractivity contribution in [2.75, 3.05) is 4.90 Å². The molecule has 2 nitrogen and oxygen atoms in total. The molecule has 1 heterocycles. The van der Waals surface area contributed by atoms with Crippen LogP contribution in [0.3, 0.4) is 0 Å². The molecule has 0 atom stereocenters. The van der Waals surface area contributed by atoms with E-state index in [2.05, 4.69) is 227 Å². The minimum atomic E-state index is 0.983. The van der Waals surface area contributed by atoms with E-state index >= 15 is 0 Å². The first-order valence-corrected chi connectivity index (χ1v) is 21.5. The summed E-state index contributed by atoms with van der Waals surface area (Å²) < 4.78 is 2.42. The third kappa shape index (κ3) is 6.14. The molecule has 0 radical (unpaired) electrons. The number of nitrogens with zero attached hydrogens (tertiary/aromatic N) is 2. The summed E-state index contributed by atoms with van der Waals surface area (Å²) in [7, 11) is 0. The fraction of sp³-hybridized carbons (Fsp3) is 0.0333. The van der Waals surface area contributed by atoms with Gasteiger partial charge in [0.2, 0.25) is 0 Å². The standard InChI is InChI=1S/C60H40N2/c1-2-19-50(20-3-1)62-58-25-9-8-23-57(58)60-56(24-12-26-59(60)62)48-18-10-16-45(38-48)46-17-11-21-52(39-46)61(53-35-36-55-49(40-53)30-28-43-14-6-7-22-54(43)55)51-33-31-42(32-34-51)47-29-27-41-13-4-5-15-44(41)37-47/h2,4-11,13-25,27-40H,12,26H2. The minimum absolute atomic E-state index is 0.983. The molecule has 9 aromatic carbocycles. The zero-order valence-corrected chi connectivity index (χ0v) is 34.1. The molecule has 2 heteroatoms. The van der Waals surface area contributed by atoms with Gasteiger partial charge in [0.05, 0.1) is 11.2 Å². The van der Waals surface area contributed by atoms with Crippen LogP contribution >= 0.6 is 0 Å². The second-order valence-electron chi connectivity index (χ2n) is 16.3. The maximum atomic E-state index is 3.19. The SMILES string of the molecule is C1=C=CC(n2c3c(c4ccccc42)C(c2cccc(-c4cccc(N(c5ccc(-c6ccc7ccccc7c6)cc5)c5ccc6c(ccc7ccccc76)c5)c4)c2)=CCC3)=CC=1. The summed E-state index contributed by atoms with van der Waals surface area (Å²) in [5, 5.41) is 8.77. The quantitative estimate of drug-likeness (QED) is 0.115. The monoisotopic (exact) mass is 788 g/mol. The van der Waals surface area contributed by atoms with E-state index < -0.39 is 0 Å². The van der Waals surface area contributed by atoms with Gasteiger partial charge in [0, 0.05) is 39.8 Å². The molecule has 290 valence electrons. The van der Waals surface area contributed by atoms with E-state index in [4.69, 9.17) is 0 Å². The zero-order valence-electron chi connectivity index (χ0n) is 34.1. The molecule has 0 saturated carbocycles. The Kier molecular flexibility index (Phi) is 8.58. The Balaban J connectivity index is 0.954. The Morgan fingerprint density at radius 1 is 0.435 bits per heavy atom. The van der Waals surface area contributed by atoms with Crippen LogP contribution in [0.25, 0.3) is 76.7 Å². The highest BCUT2D eigenvalue weighted by Crippen LogP contribution is 2.43. The van der Waals surface area contributed by atoms with E-state index in [9.17, 15) is 0 Å². The summed E-state index contributed by atoms with van der Waals surface area (Å²) in [4.78, 5) is 2.40. The van der Waals surface area contributed by atoms with Crippen LogP contribution in [-0.4, -0.2) is 4.57 Å². The lowest BCUT2D eigenvalue weighted by Crippen LogP contribution is -2.10. The molecule has 0 bridgehead atoms. The molecule has 2 aliphatic rings. The normalized spacial score (nSPS) is 13.2. The average Bonchev–Trinajstić information content (AvgIpc) is 3.69. The summed E-state index contributed by atoms with van der Waals surface area (Å²) in [5.41, 5.74) is 21.9. The number of para-hydroxylation sites is 1. The largest absolute Gasteiger partial charge is 0.312 e. The number of benzene rings is 9. The van der Waals surface area contributed by atoms with Gasteiger partial charge in [-0.3, -0.25) is 0 Å². The summed E-state index contributed by atoms with van der Waals surface area (Å²) in [6.07, 6.45) is 10.5. The fourth-order valence-electron chi connectivity index (χ4n) is 9.77. The molecule has 0 saturated heterocycles. The van der Waals surface area contributed by atoms with Gasteiger partial charge in [-0.15, -0.1) is 0 Å². The van der Waals surface area contributed by atoms with Crippen molar-refractivity contribution in [3.05, 3.63) is 247 Å².